The first-order chi connectivity index (χ1) is 13.7. The molecule has 3 aromatic rings. The summed E-state index contributed by atoms with van der Waals surface area (Å²) in [4.78, 5) is 0. The molecule has 0 bridgehead atoms. The van der Waals surface area contributed by atoms with Gasteiger partial charge in [0.15, 0.2) is 17.4 Å². The van der Waals surface area contributed by atoms with E-state index >= 15 is 0 Å². The highest BCUT2D eigenvalue weighted by Gasteiger charge is 2.23. The topological polar surface area (TPSA) is 18.5 Å². The van der Waals surface area contributed by atoms with E-state index in [0.29, 0.717) is 12.1 Å². The second-order valence-electron chi connectivity index (χ2n) is 5.80. The summed E-state index contributed by atoms with van der Waals surface area (Å²) in [7, 11) is 0. The number of hydrogen-bond acceptors (Lipinski definition) is 2. The van der Waals surface area contributed by atoms with Crippen LogP contribution in [0.1, 0.15) is 0 Å². The number of fused-ring (bicyclic) bond motifs is 1. The van der Waals surface area contributed by atoms with Gasteiger partial charge in [-0.25, -0.2) is 22.0 Å². The van der Waals surface area contributed by atoms with Crippen LogP contribution in [0.4, 0.5) is 30.7 Å². The summed E-state index contributed by atoms with van der Waals surface area (Å²) in [6.45, 7) is -0.153. The van der Waals surface area contributed by atoms with Crippen molar-refractivity contribution in [2.45, 2.75) is 6.61 Å². The first kappa shape index (κ1) is 20.5. The quantitative estimate of drug-likeness (QED) is 0.344. The molecule has 0 aliphatic rings. The van der Waals surface area contributed by atoms with Gasteiger partial charge in [-0.3, -0.25) is 0 Å². The van der Waals surface area contributed by atoms with Gasteiger partial charge >= 0.3 is 6.61 Å². The Morgan fingerprint density at radius 2 is 1.52 bits per heavy atom. The molecule has 0 radical (unpaired) electrons. The second kappa shape index (κ2) is 8.02. The van der Waals surface area contributed by atoms with Crippen molar-refractivity contribution in [3.8, 4) is 22.6 Å². The van der Waals surface area contributed by atoms with Crippen molar-refractivity contribution in [3.05, 3.63) is 72.1 Å². The SMILES string of the molecule is C=CCOc1cc(F)c(-c2cc(F)c3c(F)c(OC(F)F)c(F)cc3c2)c(F)c1. The number of ether oxygens (including phenoxy) is 2. The van der Waals surface area contributed by atoms with Crippen LogP contribution in [0, 0.1) is 29.1 Å². The standard InChI is InChI=1S/C20H11F7O2/c1-2-3-28-11-7-13(22)16(14(23)8-11)9-4-10-6-15(24)19(29-20(26)27)18(25)17(10)12(21)5-9/h2,4-8,20H,1,3H2. The molecule has 0 saturated heterocycles. The molecular weight excluding hydrogens is 405 g/mol. The van der Waals surface area contributed by atoms with Crippen molar-refractivity contribution in [1.82, 2.24) is 0 Å². The van der Waals surface area contributed by atoms with Crippen LogP contribution in [-0.2, 0) is 0 Å². The lowest BCUT2D eigenvalue weighted by Gasteiger charge is -2.13. The summed E-state index contributed by atoms with van der Waals surface area (Å²) in [6, 6.07) is 3.75. The lowest BCUT2D eigenvalue weighted by atomic mass is 9.99. The maximum Gasteiger partial charge on any atom is 0.387 e. The lowest BCUT2D eigenvalue weighted by molar-refractivity contribution is -0.0544. The molecule has 0 aromatic heterocycles. The van der Waals surface area contributed by atoms with Gasteiger partial charge in [-0.05, 0) is 29.1 Å². The van der Waals surface area contributed by atoms with E-state index in [-0.39, 0.29) is 17.9 Å². The van der Waals surface area contributed by atoms with Gasteiger partial charge in [0.1, 0.15) is 29.8 Å². The molecule has 0 heterocycles. The maximum atomic E-state index is 14.5. The van der Waals surface area contributed by atoms with Crippen LogP contribution in [-0.4, -0.2) is 13.2 Å². The van der Waals surface area contributed by atoms with Crippen LogP contribution in [0.25, 0.3) is 21.9 Å². The zero-order valence-corrected chi connectivity index (χ0v) is 14.4. The first-order valence-electron chi connectivity index (χ1n) is 8.02. The largest absolute Gasteiger partial charge is 0.489 e. The normalized spacial score (nSPS) is 11.2. The van der Waals surface area contributed by atoms with E-state index in [1.165, 1.54) is 6.08 Å². The molecule has 0 atom stereocenters. The monoisotopic (exact) mass is 416 g/mol. The van der Waals surface area contributed by atoms with E-state index in [1.54, 1.807) is 0 Å². The van der Waals surface area contributed by atoms with Gasteiger partial charge in [-0.1, -0.05) is 12.7 Å². The summed E-state index contributed by atoms with van der Waals surface area (Å²) in [5.74, 6) is -8.39. The number of rotatable bonds is 6. The molecule has 0 saturated carbocycles. The summed E-state index contributed by atoms with van der Waals surface area (Å²) in [5.41, 5.74) is -1.02. The molecule has 0 N–H and O–H groups in total. The van der Waals surface area contributed by atoms with Crippen molar-refractivity contribution in [1.29, 1.82) is 0 Å². The molecule has 29 heavy (non-hydrogen) atoms. The molecule has 9 heteroatoms. The molecule has 3 aromatic carbocycles. The molecule has 0 aliphatic carbocycles. The fourth-order valence-electron chi connectivity index (χ4n) is 2.80. The highest BCUT2D eigenvalue weighted by molar-refractivity contribution is 5.90. The zero-order chi connectivity index (χ0) is 21.3. The predicted octanol–water partition coefficient (Wildman–Crippen LogP) is 6.37. The molecule has 3 rings (SSSR count). The van der Waals surface area contributed by atoms with Crippen LogP contribution < -0.4 is 9.47 Å². The fraction of sp³-hybridized carbons (Fsp3) is 0.100. The highest BCUT2D eigenvalue weighted by Crippen LogP contribution is 2.37. The van der Waals surface area contributed by atoms with Gasteiger partial charge in [-0.2, -0.15) is 8.78 Å². The summed E-state index contributed by atoms with van der Waals surface area (Å²) in [6.07, 6.45) is 1.36. The Morgan fingerprint density at radius 1 is 0.862 bits per heavy atom. The molecule has 0 unspecified atom stereocenters. The Labute approximate surface area is 159 Å². The van der Waals surface area contributed by atoms with Crippen LogP contribution in [0.3, 0.4) is 0 Å². The third kappa shape index (κ3) is 3.98. The summed E-state index contributed by atoms with van der Waals surface area (Å²) in [5, 5.41) is -1.31. The van der Waals surface area contributed by atoms with Gasteiger partial charge in [0.25, 0.3) is 0 Å². The van der Waals surface area contributed by atoms with E-state index in [9.17, 15) is 30.7 Å². The van der Waals surface area contributed by atoms with E-state index in [4.69, 9.17) is 4.74 Å². The summed E-state index contributed by atoms with van der Waals surface area (Å²) >= 11 is 0. The molecule has 2 nitrogen and oxygen atoms in total. The van der Waals surface area contributed by atoms with Crippen molar-refractivity contribution in [2.75, 3.05) is 6.61 Å². The van der Waals surface area contributed by atoms with Gasteiger partial charge in [0.2, 0.25) is 0 Å². The predicted molar refractivity (Wildman–Crippen MR) is 91.5 cm³/mol. The number of halogens is 7. The third-order valence-electron chi connectivity index (χ3n) is 3.92. The van der Waals surface area contributed by atoms with Gasteiger partial charge in [0, 0.05) is 12.1 Å². The minimum atomic E-state index is -3.54. The minimum absolute atomic E-state index is 0.00952. The van der Waals surface area contributed by atoms with Gasteiger partial charge in [0.05, 0.1) is 10.9 Å². The molecule has 152 valence electrons. The van der Waals surface area contributed by atoms with Crippen molar-refractivity contribution < 1.29 is 40.2 Å². The smallest absolute Gasteiger partial charge is 0.387 e. The van der Waals surface area contributed by atoms with E-state index in [2.05, 4.69) is 11.3 Å². The molecule has 0 aliphatic heterocycles. The fourth-order valence-corrected chi connectivity index (χ4v) is 2.80. The van der Waals surface area contributed by atoms with E-state index in [1.807, 2.05) is 0 Å². The Bertz CT molecular complexity index is 1070. The molecular formula is C20H11F7O2. The average molecular weight is 416 g/mol. The Balaban J connectivity index is 2.17. The summed E-state index contributed by atoms with van der Waals surface area (Å²) < 4.78 is 105. The van der Waals surface area contributed by atoms with Crippen molar-refractivity contribution in [3.63, 3.8) is 0 Å². The number of benzene rings is 3. The van der Waals surface area contributed by atoms with Crippen LogP contribution in [0.15, 0.2) is 43.0 Å². The lowest BCUT2D eigenvalue weighted by Crippen LogP contribution is -2.06. The minimum Gasteiger partial charge on any atom is -0.489 e. The second-order valence-corrected chi connectivity index (χ2v) is 5.80. The molecule has 0 spiro atoms. The average Bonchev–Trinajstić information content (AvgIpc) is 2.62. The third-order valence-corrected chi connectivity index (χ3v) is 3.92. The van der Waals surface area contributed by atoms with Crippen LogP contribution >= 0.6 is 0 Å². The van der Waals surface area contributed by atoms with Gasteiger partial charge in [-0.15, -0.1) is 0 Å². The van der Waals surface area contributed by atoms with Crippen molar-refractivity contribution in [2.24, 2.45) is 0 Å². The van der Waals surface area contributed by atoms with Crippen LogP contribution in [0.2, 0.25) is 0 Å². The Morgan fingerprint density at radius 3 is 2.10 bits per heavy atom. The van der Waals surface area contributed by atoms with E-state index < -0.39 is 57.8 Å². The molecule has 0 amide bonds. The highest BCUT2D eigenvalue weighted by atomic mass is 19.3. The first-order valence-corrected chi connectivity index (χ1v) is 8.02. The van der Waals surface area contributed by atoms with E-state index in [0.717, 1.165) is 18.2 Å². The van der Waals surface area contributed by atoms with Crippen LogP contribution in [0.5, 0.6) is 11.5 Å². The van der Waals surface area contributed by atoms with Crippen molar-refractivity contribution >= 4 is 10.8 Å². The van der Waals surface area contributed by atoms with Gasteiger partial charge < -0.3 is 9.47 Å². The Kier molecular flexibility index (Phi) is 5.67. The number of alkyl halides is 2. The Hall–Kier alpha value is -3.23. The molecule has 0 fully saturated rings. The zero-order valence-electron chi connectivity index (χ0n) is 14.4. The maximum absolute atomic E-state index is 14.5. The number of hydrogen-bond donors (Lipinski definition) is 0.